The van der Waals surface area contributed by atoms with Crippen molar-refractivity contribution in [3.8, 4) is 17.1 Å². The zero-order valence-corrected chi connectivity index (χ0v) is 13.5. The molecule has 0 N–H and O–H groups in total. The molecule has 5 aromatic rings. The van der Waals surface area contributed by atoms with E-state index in [4.69, 9.17) is 5.10 Å². The second kappa shape index (κ2) is 5.24. The summed E-state index contributed by atoms with van der Waals surface area (Å²) in [6.45, 7) is 2.07. The van der Waals surface area contributed by atoms with E-state index in [2.05, 4.69) is 40.4 Å². The summed E-state index contributed by atoms with van der Waals surface area (Å²) in [5, 5.41) is 13.3. The summed E-state index contributed by atoms with van der Waals surface area (Å²) in [7, 11) is 0. The minimum Gasteiger partial charge on any atom is -0.237 e. The van der Waals surface area contributed by atoms with Crippen molar-refractivity contribution in [1.82, 2.24) is 29.6 Å². The quantitative estimate of drug-likeness (QED) is 0.498. The fraction of sp³-hybridized carbons (Fsp3) is 0.0526. The molecule has 0 unspecified atom stereocenters. The first kappa shape index (κ1) is 13.9. The molecule has 3 heterocycles. The fourth-order valence-electron chi connectivity index (χ4n) is 3.03. The molecule has 2 aromatic carbocycles. The van der Waals surface area contributed by atoms with E-state index < -0.39 is 0 Å². The Morgan fingerprint density at radius 1 is 0.920 bits per heavy atom. The number of aromatic nitrogens is 6. The summed E-state index contributed by atoms with van der Waals surface area (Å²) >= 11 is 0. The normalized spacial score (nSPS) is 11.4. The van der Waals surface area contributed by atoms with Crippen LogP contribution in [0.25, 0.3) is 33.8 Å². The second-order valence-corrected chi connectivity index (χ2v) is 5.96. The van der Waals surface area contributed by atoms with Crippen molar-refractivity contribution < 1.29 is 0 Å². The van der Waals surface area contributed by atoms with Crippen LogP contribution in [0.1, 0.15) is 5.56 Å². The number of fused-ring (bicyclic) bond motifs is 2. The summed E-state index contributed by atoms with van der Waals surface area (Å²) in [6.07, 6.45) is 1.77. The SMILES string of the molecule is Cc1cccc(-c2cc3nccc(-n4nnc5ccccc54)n3n2)c1. The first-order valence-electron chi connectivity index (χ1n) is 8.02. The molecule has 120 valence electrons. The third kappa shape index (κ3) is 2.19. The average molecular weight is 326 g/mol. The highest BCUT2D eigenvalue weighted by Crippen LogP contribution is 2.22. The maximum atomic E-state index is 4.75. The van der Waals surface area contributed by atoms with Gasteiger partial charge in [-0.1, -0.05) is 41.1 Å². The van der Waals surface area contributed by atoms with Crippen LogP contribution >= 0.6 is 0 Å². The molecule has 25 heavy (non-hydrogen) atoms. The van der Waals surface area contributed by atoms with Crippen LogP contribution < -0.4 is 0 Å². The standard InChI is InChI=1S/C19H14N6/c1-13-5-4-6-14(11-13)16-12-18-20-10-9-19(25(18)22-16)24-17-8-3-2-7-15(17)21-23-24/h2-12H,1H3. The molecule has 0 fully saturated rings. The Balaban J connectivity index is 1.75. The third-order valence-electron chi connectivity index (χ3n) is 4.22. The molecule has 0 aliphatic rings. The smallest absolute Gasteiger partial charge is 0.161 e. The number of rotatable bonds is 2. The molecule has 0 radical (unpaired) electrons. The zero-order chi connectivity index (χ0) is 16.8. The maximum Gasteiger partial charge on any atom is 0.161 e. The fourth-order valence-corrected chi connectivity index (χ4v) is 3.03. The molecule has 0 aliphatic heterocycles. The molecule has 5 rings (SSSR count). The Morgan fingerprint density at radius 3 is 2.76 bits per heavy atom. The topological polar surface area (TPSA) is 60.9 Å². The number of nitrogens with zero attached hydrogens (tertiary/aromatic N) is 6. The molecule has 0 aliphatic carbocycles. The van der Waals surface area contributed by atoms with Crippen molar-refractivity contribution in [1.29, 1.82) is 0 Å². The molecular formula is C19H14N6. The molecule has 0 saturated carbocycles. The van der Waals surface area contributed by atoms with Crippen LogP contribution in [0.3, 0.4) is 0 Å². The van der Waals surface area contributed by atoms with Gasteiger partial charge in [0, 0.05) is 23.9 Å². The molecular weight excluding hydrogens is 312 g/mol. The lowest BCUT2D eigenvalue weighted by atomic mass is 10.1. The summed E-state index contributed by atoms with van der Waals surface area (Å²) in [4.78, 5) is 4.44. The second-order valence-electron chi connectivity index (χ2n) is 5.96. The summed E-state index contributed by atoms with van der Waals surface area (Å²) in [5.74, 6) is 0.803. The van der Waals surface area contributed by atoms with E-state index in [0.717, 1.165) is 33.8 Å². The molecule has 0 amide bonds. The van der Waals surface area contributed by atoms with Crippen LogP contribution in [0.5, 0.6) is 0 Å². The van der Waals surface area contributed by atoms with E-state index in [1.807, 2.05) is 42.5 Å². The van der Waals surface area contributed by atoms with Crippen molar-refractivity contribution in [2.24, 2.45) is 0 Å². The van der Waals surface area contributed by atoms with Crippen molar-refractivity contribution in [2.75, 3.05) is 0 Å². The van der Waals surface area contributed by atoms with Gasteiger partial charge in [-0.3, -0.25) is 0 Å². The van der Waals surface area contributed by atoms with E-state index >= 15 is 0 Å². The van der Waals surface area contributed by atoms with Crippen LogP contribution in [0, 0.1) is 6.92 Å². The van der Waals surface area contributed by atoms with Gasteiger partial charge in [0.15, 0.2) is 11.5 Å². The lowest BCUT2D eigenvalue weighted by molar-refractivity contribution is 0.758. The van der Waals surface area contributed by atoms with Gasteiger partial charge in [-0.15, -0.1) is 5.10 Å². The minimum absolute atomic E-state index is 0.772. The van der Waals surface area contributed by atoms with Gasteiger partial charge < -0.3 is 0 Å². The van der Waals surface area contributed by atoms with Gasteiger partial charge in [0.2, 0.25) is 0 Å². The van der Waals surface area contributed by atoms with E-state index in [1.165, 1.54) is 5.56 Å². The van der Waals surface area contributed by atoms with Gasteiger partial charge in [0.1, 0.15) is 5.52 Å². The highest BCUT2D eigenvalue weighted by molar-refractivity contribution is 5.76. The summed E-state index contributed by atoms with van der Waals surface area (Å²) in [5.41, 5.74) is 5.70. The molecule has 6 nitrogen and oxygen atoms in total. The van der Waals surface area contributed by atoms with Crippen molar-refractivity contribution in [2.45, 2.75) is 6.92 Å². The number of aryl methyl sites for hydroxylation is 1. The third-order valence-corrected chi connectivity index (χ3v) is 4.22. The highest BCUT2D eigenvalue weighted by Gasteiger charge is 2.13. The number of benzene rings is 2. The largest absolute Gasteiger partial charge is 0.237 e. The summed E-state index contributed by atoms with van der Waals surface area (Å²) in [6, 6.07) is 20.0. The first-order valence-corrected chi connectivity index (χ1v) is 8.02. The van der Waals surface area contributed by atoms with E-state index in [1.54, 1.807) is 15.4 Å². The predicted molar refractivity (Wildman–Crippen MR) is 95.6 cm³/mol. The Labute approximate surface area is 143 Å². The van der Waals surface area contributed by atoms with E-state index in [9.17, 15) is 0 Å². The Morgan fingerprint density at radius 2 is 1.84 bits per heavy atom. The average Bonchev–Trinajstić information content (AvgIpc) is 3.26. The molecule has 0 atom stereocenters. The molecule has 0 bridgehead atoms. The van der Waals surface area contributed by atoms with Crippen LogP contribution in [0.15, 0.2) is 66.9 Å². The van der Waals surface area contributed by atoms with Crippen LogP contribution in [-0.2, 0) is 0 Å². The van der Waals surface area contributed by atoms with Gasteiger partial charge in [0.05, 0.1) is 11.2 Å². The Hall–Kier alpha value is -3.54. The van der Waals surface area contributed by atoms with Crippen molar-refractivity contribution >= 4 is 16.7 Å². The van der Waals surface area contributed by atoms with E-state index in [-0.39, 0.29) is 0 Å². The van der Waals surface area contributed by atoms with E-state index in [0.29, 0.717) is 0 Å². The lowest BCUT2D eigenvalue weighted by Gasteiger charge is -2.04. The van der Waals surface area contributed by atoms with Gasteiger partial charge in [-0.05, 0) is 25.1 Å². The zero-order valence-electron chi connectivity index (χ0n) is 13.5. The Bertz CT molecular complexity index is 1220. The van der Waals surface area contributed by atoms with Crippen molar-refractivity contribution in [3.05, 3.63) is 72.4 Å². The minimum atomic E-state index is 0.772. The molecule has 0 saturated heterocycles. The van der Waals surface area contributed by atoms with Gasteiger partial charge >= 0.3 is 0 Å². The van der Waals surface area contributed by atoms with Gasteiger partial charge in [-0.2, -0.15) is 14.3 Å². The predicted octanol–water partition coefficient (Wildman–Crippen LogP) is 3.44. The van der Waals surface area contributed by atoms with Crippen LogP contribution in [0.4, 0.5) is 0 Å². The Kier molecular flexibility index (Phi) is 2.90. The van der Waals surface area contributed by atoms with Crippen molar-refractivity contribution in [3.63, 3.8) is 0 Å². The van der Waals surface area contributed by atoms with Crippen LogP contribution in [-0.4, -0.2) is 29.6 Å². The highest BCUT2D eigenvalue weighted by atomic mass is 15.5. The number of hydrogen-bond acceptors (Lipinski definition) is 4. The molecule has 3 aromatic heterocycles. The van der Waals surface area contributed by atoms with Gasteiger partial charge in [-0.25, -0.2) is 4.98 Å². The molecule has 0 spiro atoms. The number of para-hydroxylation sites is 1. The van der Waals surface area contributed by atoms with Crippen LogP contribution in [0.2, 0.25) is 0 Å². The first-order chi connectivity index (χ1) is 12.3. The maximum absolute atomic E-state index is 4.75. The summed E-state index contributed by atoms with van der Waals surface area (Å²) < 4.78 is 3.59. The number of hydrogen-bond donors (Lipinski definition) is 0. The lowest BCUT2D eigenvalue weighted by Crippen LogP contribution is -2.05. The molecule has 6 heteroatoms. The van der Waals surface area contributed by atoms with Gasteiger partial charge in [0.25, 0.3) is 0 Å². The monoisotopic (exact) mass is 326 g/mol.